The maximum absolute atomic E-state index is 12.8. The van der Waals surface area contributed by atoms with Crippen LogP contribution in [0.4, 0.5) is 0 Å². The number of hydrogen-bond acceptors (Lipinski definition) is 7. The van der Waals surface area contributed by atoms with E-state index in [1.807, 2.05) is 0 Å². The Morgan fingerprint density at radius 1 is 1.12 bits per heavy atom. The minimum absolute atomic E-state index is 0.0701. The number of carbonyl (C=O) groups is 2. The van der Waals surface area contributed by atoms with Crippen LogP contribution >= 0.6 is 0 Å². The number of carboxylic acid groups (broad SMARTS) is 1. The van der Waals surface area contributed by atoms with Crippen LogP contribution in [-0.2, 0) is 24.3 Å². The Kier molecular flexibility index (Phi) is 5.04. The number of carboxylic acids is 1. The third-order valence-electron chi connectivity index (χ3n) is 4.69. The molecule has 0 saturated carbocycles. The number of ether oxygens (including phenoxy) is 1. The van der Waals surface area contributed by atoms with Gasteiger partial charge in [-0.25, -0.2) is 13.2 Å². The lowest BCUT2D eigenvalue weighted by molar-refractivity contribution is -0.155. The van der Waals surface area contributed by atoms with Crippen LogP contribution in [0.15, 0.2) is 9.42 Å². The smallest absolute Gasteiger partial charge is 0.332 e. The van der Waals surface area contributed by atoms with Gasteiger partial charge in [-0.3, -0.25) is 4.79 Å². The van der Waals surface area contributed by atoms with Crippen molar-refractivity contribution in [3.63, 3.8) is 0 Å². The molecule has 0 radical (unpaired) electrons. The van der Waals surface area contributed by atoms with E-state index in [1.54, 1.807) is 13.8 Å². The minimum Gasteiger partial charge on any atom is -0.479 e. The van der Waals surface area contributed by atoms with Crippen LogP contribution in [0.25, 0.3) is 0 Å². The summed E-state index contributed by atoms with van der Waals surface area (Å²) < 4.78 is 37.1. The molecule has 2 atom stereocenters. The number of aryl methyl sites for hydroxylation is 2. The van der Waals surface area contributed by atoms with Crippen molar-refractivity contribution in [3.05, 3.63) is 11.5 Å². The molecule has 10 nitrogen and oxygen atoms in total. The first kappa shape index (κ1) is 18.8. The minimum atomic E-state index is -3.74. The van der Waals surface area contributed by atoms with Crippen LogP contribution in [-0.4, -0.2) is 78.1 Å². The molecule has 3 rings (SSSR count). The number of rotatable bonds is 4. The van der Waals surface area contributed by atoms with Crippen molar-refractivity contribution >= 4 is 21.9 Å². The maximum atomic E-state index is 12.8. The molecule has 1 aromatic heterocycles. The summed E-state index contributed by atoms with van der Waals surface area (Å²) in [6.45, 7) is 3.85. The summed E-state index contributed by atoms with van der Waals surface area (Å²) in [6, 6.07) is 0. The van der Waals surface area contributed by atoms with Gasteiger partial charge in [0.2, 0.25) is 10.0 Å². The fourth-order valence-electron chi connectivity index (χ4n) is 3.32. The molecule has 144 valence electrons. The van der Waals surface area contributed by atoms with Gasteiger partial charge in [0, 0.05) is 26.2 Å². The molecule has 3 heterocycles. The predicted molar refractivity (Wildman–Crippen MR) is 86.8 cm³/mol. The van der Waals surface area contributed by atoms with E-state index in [1.165, 1.54) is 9.21 Å². The monoisotopic (exact) mass is 387 g/mol. The van der Waals surface area contributed by atoms with Gasteiger partial charge >= 0.3 is 5.97 Å². The van der Waals surface area contributed by atoms with Crippen molar-refractivity contribution in [2.24, 2.45) is 0 Å². The lowest BCUT2D eigenvalue weighted by atomic mass is 10.1. The Morgan fingerprint density at radius 2 is 1.73 bits per heavy atom. The molecule has 0 unspecified atom stereocenters. The van der Waals surface area contributed by atoms with E-state index in [4.69, 9.17) is 14.4 Å². The Morgan fingerprint density at radius 3 is 2.23 bits per heavy atom. The number of aliphatic carboxylic acids is 1. The van der Waals surface area contributed by atoms with E-state index in [0.717, 1.165) is 0 Å². The van der Waals surface area contributed by atoms with Crippen LogP contribution in [0.1, 0.15) is 24.3 Å². The maximum Gasteiger partial charge on any atom is 0.332 e. The Balaban J connectivity index is 1.63. The second kappa shape index (κ2) is 6.97. The molecular weight excluding hydrogens is 366 g/mol. The first-order valence-electron chi connectivity index (χ1n) is 8.32. The lowest BCUT2D eigenvalue weighted by Gasteiger charge is -2.35. The van der Waals surface area contributed by atoms with Crippen LogP contribution in [0.2, 0.25) is 0 Å². The van der Waals surface area contributed by atoms with Crippen molar-refractivity contribution in [2.75, 3.05) is 26.2 Å². The van der Waals surface area contributed by atoms with E-state index < -0.39 is 28.2 Å². The zero-order chi connectivity index (χ0) is 19.1. The third kappa shape index (κ3) is 3.33. The number of amides is 1. The largest absolute Gasteiger partial charge is 0.479 e. The van der Waals surface area contributed by atoms with E-state index in [2.05, 4.69) is 5.16 Å². The topological polar surface area (TPSA) is 130 Å². The van der Waals surface area contributed by atoms with Crippen molar-refractivity contribution < 1.29 is 32.4 Å². The van der Waals surface area contributed by atoms with Crippen LogP contribution in [0, 0.1) is 13.8 Å². The molecule has 0 aliphatic carbocycles. The highest BCUT2D eigenvalue weighted by Gasteiger charge is 2.39. The van der Waals surface area contributed by atoms with Gasteiger partial charge in [0.05, 0.1) is 0 Å². The number of piperazine rings is 1. The van der Waals surface area contributed by atoms with Crippen molar-refractivity contribution in [2.45, 2.75) is 43.8 Å². The molecular formula is C15H21N3O7S. The molecule has 1 N–H and O–H groups in total. The zero-order valence-electron chi connectivity index (χ0n) is 14.5. The second-order valence-electron chi connectivity index (χ2n) is 6.41. The molecule has 0 aromatic carbocycles. The number of nitrogens with zero attached hydrogens (tertiary/aromatic N) is 3. The van der Waals surface area contributed by atoms with Gasteiger partial charge in [-0.2, -0.15) is 4.31 Å². The third-order valence-corrected chi connectivity index (χ3v) is 6.83. The molecule has 2 fully saturated rings. The van der Waals surface area contributed by atoms with Gasteiger partial charge in [-0.05, 0) is 26.7 Å². The fraction of sp³-hybridized carbons (Fsp3) is 0.667. The number of sulfonamides is 1. The predicted octanol–water partition coefficient (Wildman–Crippen LogP) is -0.243. The molecule has 0 bridgehead atoms. The Hall–Kier alpha value is -1.98. The molecule has 2 saturated heterocycles. The van der Waals surface area contributed by atoms with Crippen molar-refractivity contribution in [3.8, 4) is 0 Å². The summed E-state index contributed by atoms with van der Waals surface area (Å²) in [7, 11) is -3.74. The van der Waals surface area contributed by atoms with Gasteiger partial charge in [-0.1, -0.05) is 5.16 Å². The summed E-state index contributed by atoms with van der Waals surface area (Å²) in [5.74, 6) is -1.13. The summed E-state index contributed by atoms with van der Waals surface area (Å²) in [4.78, 5) is 25.0. The zero-order valence-corrected chi connectivity index (χ0v) is 15.4. The SMILES string of the molecule is Cc1noc(C)c1S(=O)(=O)N1CCN(C(=O)[C@@H]2CC[C@H](C(=O)O)O2)CC1. The Labute approximate surface area is 150 Å². The van der Waals surface area contributed by atoms with Crippen molar-refractivity contribution in [1.29, 1.82) is 0 Å². The van der Waals surface area contributed by atoms with Gasteiger partial charge in [0.25, 0.3) is 5.91 Å². The van der Waals surface area contributed by atoms with Gasteiger partial charge < -0.3 is 19.3 Å². The van der Waals surface area contributed by atoms with Crippen molar-refractivity contribution in [1.82, 2.24) is 14.4 Å². The lowest BCUT2D eigenvalue weighted by Crippen LogP contribution is -2.53. The molecule has 1 amide bonds. The van der Waals surface area contributed by atoms with E-state index >= 15 is 0 Å². The van der Waals surface area contributed by atoms with Gasteiger partial charge in [0.1, 0.15) is 16.7 Å². The van der Waals surface area contributed by atoms with E-state index in [9.17, 15) is 18.0 Å². The highest BCUT2D eigenvalue weighted by Crippen LogP contribution is 2.26. The molecule has 11 heteroatoms. The van der Waals surface area contributed by atoms with E-state index in [-0.39, 0.29) is 42.7 Å². The van der Waals surface area contributed by atoms with Crippen LogP contribution in [0.3, 0.4) is 0 Å². The Bertz CT molecular complexity index is 792. The van der Waals surface area contributed by atoms with Crippen LogP contribution in [0.5, 0.6) is 0 Å². The normalized spacial score (nSPS) is 24.8. The average Bonchev–Trinajstić information content (AvgIpc) is 3.21. The number of hydrogen-bond donors (Lipinski definition) is 1. The van der Waals surface area contributed by atoms with Gasteiger partial charge in [-0.15, -0.1) is 0 Å². The summed E-state index contributed by atoms with van der Waals surface area (Å²) in [6.07, 6.45) is -1.08. The number of carbonyl (C=O) groups excluding carboxylic acids is 1. The molecule has 0 spiro atoms. The first-order valence-corrected chi connectivity index (χ1v) is 9.76. The molecule has 1 aromatic rings. The molecule has 26 heavy (non-hydrogen) atoms. The standard InChI is InChI=1S/C15H21N3O7S/c1-9-13(10(2)25-16-9)26(22,23)18-7-5-17(6-8-18)14(19)11-3-4-12(24-11)15(20)21/h11-12H,3-8H2,1-2H3,(H,20,21)/t11-,12+/m0/s1. The van der Waals surface area contributed by atoms with E-state index in [0.29, 0.717) is 18.5 Å². The summed E-state index contributed by atoms with van der Waals surface area (Å²) in [5, 5.41) is 12.6. The summed E-state index contributed by atoms with van der Waals surface area (Å²) in [5.41, 5.74) is 0.306. The first-order chi connectivity index (χ1) is 12.2. The van der Waals surface area contributed by atoms with Gasteiger partial charge in [0.15, 0.2) is 11.9 Å². The number of aromatic nitrogens is 1. The quantitative estimate of drug-likeness (QED) is 0.749. The molecule has 2 aliphatic rings. The highest BCUT2D eigenvalue weighted by atomic mass is 32.2. The second-order valence-corrected chi connectivity index (χ2v) is 8.29. The molecule has 2 aliphatic heterocycles. The fourth-order valence-corrected chi connectivity index (χ4v) is 5.04. The highest BCUT2D eigenvalue weighted by molar-refractivity contribution is 7.89. The summed E-state index contributed by atoms with van der Waals surface area (Å²) >= 11 is 0. The van der Waals surface area contributed by atoms with Crippen LogP contribution < -0.4 is 0 Å². The average molecular weight is 387 g/mol.